The molecule has 1 nitrogen and oxygen atoms in total. The van der Waals surface area contributed by atoms with Crippen molar-refractivity contribution in [1.82, 2.24) is 0 Å². The maximum Gasteiger partial charge on any atom is 0.133 e. The molecule has 1 heteroatoms. The van der Waals surface area contributed by atoms with E-state index in [9.17, 15) is 4.79 Å². The molecular weight excluding hydrogens is 184 g/mol. The lowest BCUT2D eigenvalue weighted by atomic mass is 9.85. The van der Waals surface area contributed by atoms with Gasteiger partial charge in [-0.25, -0.2) is 0 Å². The number of ketones is 1. The summed E-state index contributed by atoms with van der Waals surface area (Å²) < 4.78 is 0. The van der Waals surface area contributed by atoms with Gasteiger partial charge < -0.3 is 0 Å². The Morgan fingerprint density at radius 1 is 1.27 bits per heavy atom. The zero-order valence-corrected chi connectivity index (χ0v) is 10.3. The van der Waals surface area contributed by atoms with E-state index in [-0.39, 0.29) is 0 Å². The van der Waals surface area contributed by atoms with Gasteiger partial charge in [0.25, 0.3) is 0 Å². The van der Waals surface area contributed by atoms with Crippen molar-refractivity contribution in [2.24, 2.45) is 23.7 Å². The minimum Gasteiger partial charge on any atom is -0.300 e. The Labute approximate surface area is 92.9 Å². The molecule has 0 aromatic heterocycles. The van der Waals surface area contributed by atoms with Crippen LogP contribution in [0.1, 0.15) is 47.0 Å². The second kappa shape index (κ2) is 3.77. The van der Waals surface area contributed by atoms with Crippen LogP contribution in [0.4, 0.5) is 0 Å². The number of Topliss-reactive ketones (excluding diaryl/α,β-unsaturated/α-hetero) is 1. The molecule has 0 aliphatic heterocycles. The van der Waals surface area contributed by atoms with Gasteiger partial charge in [0, 0.05) is 5.92 Å². The summed E-state index contributed by atoms with van der Waals surface area (Å²) in [5, 5.41) is 0. The minimum absolute atomic E-state index is 0.354. The highest BCUT2D eigenvalue weighted by Crippen LogP contribution is 2.54. The molecule has 0 amide bonds. The highest BCUT2D eigenvalue weighted by atomic mass is 16.1. The maximum atomic E-state index is 11.6. The zero-order chi connectivity index (χ0) is 11.2. The number of carbonyl (C=O) groups excluding carboxylic acids is 1. The number of carbonyl (C=O) groups is 1. The molecule has 2 fully saturated rings. The van der Waals surface area contributed by atoms with Crippen LogP contribution in [0, 0.1) is 23.7 Å². The molecule has 84 valence electrons. The summed E-state index contributed by atoms with van der Waals surface area (Å²) >= 11 is 0. The molecule has 0 aromatic rings. The molecule has 0 radical (unpaired) electrons. The van der Waals surface area contributed by atoms with Gasteiger partial charge in [-0.05, 0) is 50.9 Å². The fourth-order valence-electron chi connectivity index (χ4n) is 3.53. The van der Waals surface area contributed by atoms with Crippen molar-refractivity contribution in [3.05, 3.63) is 11.1 Å². The summed E-state index contributed by atoms with van der Waals surface area (Å²) in [5.41, 5.74) is 3.22. The summed E-state index contributed by atoms with van der Waals surface area (Å²) in [6.45, 7) is 8.58. The van der Waals surface area contributed by atoms with E-state index < -0.39 is 0 Å². The molecule has 2 rings (SSSR count). The van der Waals surface area contributed by atoms with Crippen LogP contribution in [0.15, 0.2) is 11.1 Å². The molecule has 2 aliphatic carbocycles. The normalized spacial score (nSPS) is 37.5. The van der Waals surface area contributed by atoms with Crippen molar-refractivity contribution in [2.75, 3.05) is 0 Å². The third-order valence-corrected chi connectivity index (χ3v) is 4.53. The van der Waals surface area contributed by atoms with Crippen molar-refractivity contribution in [3.63, 3.8) is 0 Å². The molecule has 3 atom stereocenters. The maximum absolute atomic E-state index is 11.6. The van der Waals surface area contributed by atoms with Gasteiger partial charge in [-0.3, -0.25) is 4.79 Å². The van der Waals surface area contributed by atoms with Crippen LogP contribution < -0.4 is 0 Å². The number of hydrogen-bond acceptors (Lipinski definition) is 1. The monoisotopic (exact) mass is 206 g/mol. The quantitative estimate of drug-likeness (QED) is 0.631. The van der Waals surface area contributed by atoms with Gasteiger partial charge in [0.1, 0.15) is 5.78 Å². The van der Waals surface area contributed by atoms with Gasteiger partial charge >= 0.3 is 0 Å². The number of hydrogen-bond donors (Lipinski definition) is 0. The van der Waals surface area contributed by atoms with Crippen LogP contribution in [-0.4, -0.2) is 5.78 Å². The van der Waals surface area contributed by atoms with Crippen LogP contribution in [0.25, 0.3) is 0 Å². The Kier molecular flexibility index (Phi) is 2.74. The first kappa shape index (κ1) is 10.9. The summed E-state index contributed by atoms with van der Waals surface area (Å²) in [5.74, 6) is 2.76. The van der Waals surface area contributed by atoms with E-state index in [1.165, 1.54) is 12.8 Å². The fraction of sp³-hybridized carbons (Fsp3) is 0.786. The standard InChI is InChI=1S/C14H22O/c1-8(2)9(3)14-11-5-6-12(14)13(7-11)10(4)15/h8,11-13H,5-7H2,1-4H3/b14-9-. The van der Waals surface area contributed by atoms with Gasteiger partial charge in [0.05, 0.1) is 0 Å². The Morgan fingerprint density at radius 3 is 2.40 bits per heavy atom. The van der Waals surface area contributed by atoms with E-state index >= 15 is 0 Å². The summed E-state index contributed by atoms with van der Waals surface area (Å²) in [7, 11) is 0. The molecule has 2 aliphatic rings. The molecule has 15 heavy (non-hydrogen) atoms. The third-order valence-electron chi connectivity index (χ3n) is 4.53. The predicted molar refractivity (Wildman–Crippen MR) is 62.5 cm³/mol. The van der Waals surface area contributed by atoms with Crippen molar-refractivity contribution < 1.29 is 4.79 Å². The average Bonchev–Trinajstić information content (AvgIpc) is 2.72. The van der Waals surface area contributed by atoms with Crippen molar-refractivity contribution in [1.29, 1.82) is 0 Å². The molecular formula is C14H22O. The topological polar surface area (TPSA) is 17.1 Å². The van der Waals surface area contributed by atoms with E-state index in [2.05, 4.69) is 20.8 Å². The van der Waals surface area contributed by atoms with E-state index in [0.717, 1.165) is 12.3 Å². The predicted octanol–water partition coefficient (Wildman–Crippen LogP) is 3.59. The number of fused-ring (bicyclic) bond motifs is 2. The molecule has 0 spiro atoms. The Balaban J connectivity index is 2.31. The first-order valence-electron chi connectivity index (χ1n) is 6.23. The van der Waals surface area contributed by atoms with E-state index in [1.54, 1.807) is 18.1 Å². The Hall–Kier alpha value is -0.590. The highest BCUT2D eigenvalue weighted by molar-refractivity contribution is 5.80. The molecule has 2 bridgehead atoms. The second-order valence-corrected chi connectivity index (χ2v) is 5.63. The molecule has 0 saturated heterocycles. The van der Waals surface area contributed by atoms with Crippen LogP contribution in [0.2, 0.25) is 0 Å². The summed E-state index contributed by atoms with van der Waals surface area (Å²) in [6, 6.07) is 0. The van der Waals surface area contributed by atoms with Gasteiger partial charge in [-0.1, -0.05) is 25.0 Å². The second-order valence-electron chi connectivity index (χ2n) is 5.63. The molecule has 0 heterocycles. The van der Waals surface area contributed by atoms with E-state index in [4.69, 9.17) is 0 Å². The van der Waals surface area contributed by atoms with Crippen LogP contribution in [0.3, 0.4) is 0 Å². The zero-order valence-electron chi connectivity index (χ0n) is 10.3. The van der Waals surface area contributed by atoms with Crippen LogP contribution in [0.5, 0.6) is 0 Å². The smallest absolute Gasteiger partial charge is 0.133 e. The molecule has 2 saturated carbocycles. The summed E-state index contributed by atoms with van der Waals surface area (Å²) in [6.07, 6.45) is 3.72. The van der Waals surface area contributed by atoms with Crippen LogP contribution >= 0.6 is 0 Å². The molecule has 0 N–H and O–H groups in total. The van der Waals surface area contributed by atoms with Crippen molar-refractivity contribution in [3.8, 4) is 0 Å². The fourth-order valence-corrected chi connectivity index (χ4v) is 3.53. The van der Waals surface area contributed by atoms with Gasteiger partial charge in [0.2, 0.25) is 0 Å². The summed E-state index contributed by atoms with van der Waals surface area (Å²) in [4.78, 5) is 11.6. The minimum atomic E-state index is 0.354. The van der Waals surface area contributed by atoms with Crippen molar-refractivity contribution >= 4 is 5.78 Å². The largest absolute Gasteiger partial charge is 0.300 e. The molecule has 3 unspecified atom stereocenters. The van der Waals surface area contributed by atoms with E-state index in [0.29, 0.717) is 23.5 Å². The first-order valence-corrected chi connectivity index (χ1v) is 6.23. The van der Waals surface area contributed by atoms with E-state index in [1.807, 2.05) is 0 Å². The third kappa shape index (κ3) is 1.66. The lowest BCUT2D eigenvalue weighted by Crippen LogP contribution is -2.18. The highest BCUT2D eigenvalue weighted by Gasteiger charge is 2.46. The number of allylic oxidation sites excluding steroid dienone is 2. The first-order chi connectivity index (χ1) is 7.02. The number of rotatable bonds is 2. The molecule has 0 aromatic carbocycles. The van der Waals surface area contributed by atoms with Gasteiger partial charge in [0.15, 0.2) is 0 Å². The van der Waals surface area contributed by atoms with Crippen LogP contribution in [-0.2, 0) is 4.79 Å². The lowest BCUT2D eigenvalue weighted by Gasteiger charge is -2.18. The lowest BCUT2D eigenvalue weighted by molar-refractivity contribution is -0.122. The Bertz CT molecular complexity index is 311. The van der Waals surface area contributed by atoms with Crippen molar-refractivity contribution in [2.45, 2.75) is 47.0 Å². The SMILES string of the molecule is CC(=O)C1CC2CCC1/C2=C(/C)C(C)C. The van der Waals surface area contributed by atoms with Gasteiger partial charge in [-0.15, -0.1) is 0 Å². The Morgan fingerprint density at radius 2 is 1.93 bits per heavy atom. The van der Waals surface area contributed by atoms with Gasteiger partial charge in [-0.2, -0.15) is 0 Å². The average molecular weight is 206 g/mol.